The second kappa shape index (κ2) is 5.00. The van der Waals surface area contributed by atoms with Crippen molar-refractivity contribution in [2.24, 2.45) is 0 Å². The molecule has 0 aliphatic heterocycles. The predicted octanol–water partition coefficient (Wildman–Crippen LogP) is 2.31. The lowest BCUT2D eigenvalue weighted by Crippen LogP contribution is -2.08. The number of hydrogen-bond acceptors (Lipinski definition) is 3. The first-order chi connectivity index (χ1) is 8.10. The van der Waals surface area contributed by atoms with Crippen LogP contribution >= 0.6 is 15.9 Å². The van der Waals surface area contributed by atoms with Crippen molar-refractivity contribution in [1.29, 1.82) is 0 Å². The van der Waals surface area contributed by atoms with Gasteiger partial charge in [-0.15, -0.1) is 5.10 Å². The molecule has 0 saturated heterocycles. The zero-order valence-electron chi connectivity index (χ0n) is 10.3. The van der Waals surface area contributed by atoms with Crippen LogP contribution in [0.5, 0.6) is 0 Å². The van der Waals surface area contributed by atoms with Crippen molar-refractivity contribution in [3.05, 3.63) is 29.3 Å². The molecule has 1 unspecified atom stereocenters. The summed E-state index contributed by atoms with van der Waals surface area (Å²) in [5.41, 5.74) is 3.14. The fourth-order valence-corrected chi connectivity index (χ4v) is 1.95. The Balaban J connectivity index is 2.19. The van der Waals surface area contributed by atoms with Crippen LogP contribution in [0.1, 0.15) is 35.8 Å². The molecule has 0 spiro atoms. The van der Waals surface area contributed by atoms with Crippen LogP contribution in [-0.2, 0) is 13.1 Å². The maximum Gasteiger partial charge on any atom is 0.0960 e. The lowest BCUT2D eigenvalue weighted by Gasteiger charge is -2.03. The minimum absolute atomic E-state index is 0.231. The van der Waals surface area contributed by atoms with E-state index < -0.39 is 0 Å². The Morgan fingerprint density at radius 3 is 2.82 bits per heavy atom. The quantitative estimate of drug-likeness (QED) is 0.814. The molecular weight excluding hydrogens is 282 g/mol. The van der Waals surface area contributed by atoms with Gasteiger partial charge in [-0.25, -0.2) is 4.68 Å². The lowest BCUT2D eigenvalue weighted by molar-refractivity contribution is 0.565. The summed E-state index contributed by atoms with van der Waals surface area (Å²) in [6.45, 7) is 7.71. The van der Waals surface area contributed by atoms with E-state index in [1.165, 1.54) is 0 Å². The number of aromatic nitrogens is 5. The van der Waals surface area contributed by atoms with Crippen molar-refractivity contribution in [2.75, 3.05) is 0 Å². The largest absolute Gasteiger partial charge is 0.268 e. The summed E-state index contributed by atoms with van der Waals surface area (Å²) in [6.07, 6.45) is 1.96. The van der Waals surface area contributed by atoms with Gasteiger partial charge in [-0.1, -0.05) is 21.1 Å². The van der Waals surface area contributed by atoms with Gasteiger partial charge >= 0.3 is 0 Å². The molecule has 2 rings (SSSR count). The summed E-state index contributed by atoms with van der Waals surface area (Å²) < 4.78 is 3.84. The van der Waals surface area contributed by atoms with Gasteiger partial charge in [-0.3, -0.25) is 4.68 Å². The smallest absolute Gasteiger partial charge is 0.0960 e. The van der Waals surface area contributed by atoms with Crippen molar-refractivity contribution in [1.82, 2.24) is 24.8 Å². The molecule has 5 nitrogen and oxygen atoms in total. The van der Waals surface area contributed by atoms with E-state index in [-0.39, 0.29) is 4.83 Å². The van der Waals surface area contributed by atoms with Gasteiger partial charge in [0, 0.05) is 6.54 Å². The van der Waals surface area contributed by atoms with E-state index in [0.29, 0.717) is 6.54 Å². The third-order valence-corrected chi connectivity index (χ3v) is 3.04. The van der Waals surface area contributed by atoms with Crippen LogP contribution in [0.25, 0.3) is 0 Å². The average molecular weight is 298 g/mol. The molecule has 1 atom stereocenters. The predicted molar refractivity (Wildman–Crippen MR) is 69.1 cm³/mol. The summed E-state index contributed by atoms with van der Waals surface area (Å²) in [5.74, 6) is 0. The van der Waals surface area contributed by atoms with Crippen molar-refractivity contribution in [3.8, 4) is 0 Å². The van der Waals surface area contributed by atoms with Crippen molar-refractivity contribution < 1.29 is 0 Å². The molecule has 6 heteroatoms. The molecular formula is C11H16BrN5. The highest BCUT2D eigenvalue weighted by Gasteiger charge is 2.09. The number of alkyl halides is 1. The lowest BCUT2D eigenvalue weighted by atomic mass is 10.3. The molecule has 0 radical (unpaired) electrons. The van der Waals surface area contributed by atoms with Crippen LogP contribution in [0.3, 0.4) is 0 Å². The Hall–Kier alpha value is -1.17. The molecule has 2 aromatic heterocycles. The van der Waals surface area contributed by atoms with E-state index in [1.807, 2.05) is 29.4 Å². The van der Waals surface area contributed by atoms with Crippen LogP contribution in [0.2, 0.25) is 0 Å². The van der Waals surface area contributed by atoms with Gasteiger partial charge in [0.1, 0.15) is 0 Å². The van der Waals surface area contributed by atoms with Gasteiger partial charge in [-0.05, 0) is 26.8 Å². The van der Waals surface area contributed by atoms with E-state index in [9.17, 15) is 0 Å². The zero-order valence-corrected chi connectivity index (χ0v) is 11.8. The van der Waals surface area contributed by atoms with Crippen LogP contribution in [0.4, 0.5) is 0 Å². The zero-order chi connectivity index (χ0) is 12.4. The van der Waals surface area contributed by atoms with Gasteiger partial charge in [0.25, 0.3) is 0 Å². The maximum absolute atomic E-state index is 4.41. The molecule has 2 heterocycles. The topological polar surface area (TPSA) is 48.5 Å². The molecule has 92 valence electrons. The number of nitrogens with zero attached hydrogens (tertiary/aromatic N) is 5. The highest BCUT2D eigenvalue weighted by Crippen LogP contribution is 2.18. The first-order valence-corrected chi connectivity index (χ1v) is 6.59. The SMILES string of the molecule is CCn1nc(C)cc1Cn1cc(C(C)Br)nn1. The Morgan fingerprint density at radius 2 is 2.24 bits per heavy atom. The van der Waals surface area contributed by atoms with Gasteiger partial charge in [-0.2, -0.15) is 5.10 Å². The number of rotatable bonds is 4. The van der Waals surface area contributed by atoms with E-state index >= 15 is 0 Å². The third-order valence-electron chi connectivity index (χ3n) is 2.57. The fourth-order valence-electron chi connectivity index (χ4n) is 1.74. The highest BCUT2D eigenvalue weighted by atomic mass is 79.9. The van der Waals surface area contributed by atoms with Crippen LogP contribution < -0.4 is 0 Å². The second-order valence-corrected chi connectivity index (χ2v) is 5.42. The Bertz CT molecular complexity index is 500. The summed E-state index contributed by atoms with van der Waals surface area (Å²) in [4.78, 5) is 0.231. The second-order valence-electron chi connectivity index (χ2n) is 4.05. The first-order valence-electron chi connectivity index (χ1n) is 5.67. The summed E-state index contributed by atoms with van der Waals surface area (Å²) in [5, 5.41) is 12.6. The average Bonchev–Trinajstić information content (AvgIpc) is 2.86. The number of aryl methyl sites for hydroxylation is 2. The normalized spacial score (nSPS) is 12.9. The molecule has 0 bridgehead atoms. The van der Waals surface area contributed by atoms with Crippen molar-refractivity contribution >= 4 is 15.9 Å². The van der Waals surface area contributed by atoms with Crippen LogP contribution in [0.15, 0.2) is 12.3 Å². The molecule has 0 aliphatic carbocycles. The molecule has 0 fully saturated rings. The standard InChI is InChI=1S/C11H16BrN5/c1-4-17-10(5-8(2)14-17)6-16-7-11(9(3)12)13-15-16/h5,7,9H,4,6H2,1-3H3. The molecule has 0 aromatic carbocycles. The molecule has 0 aliphatic rings. The first kappa shape index (κ1) is 12.3. The van der Waals surface area contributed by atoms with E-state index in [1.54, 1.807) is 0 Å². The van der Waals surface area contributed by atoms with E-state index in [4.69, 9.17) is 0 Å². The van der Waals surface area contributed by atoms with Crippen LogP contribution in [0, 0.1) is 6.92 Å². The Morgan fingerprint density at radius 1 is 1.47 bits per heavy atom. The van der Waals surface area contributed by atoms with Gasteiger partial charge in [0.2, 0.25) is 0 Å². The molecule has 0 N–H and O–H groups in total. The molecule has 0 amide bonds. The van der Waals surface area contributed by atoms with Gasteiger partial charge in [0.05, 0.1) is 34.7 Å². The fraction of sp³-hybridized carbons (Fsp3) is 0.545. The molecule has 2 aromatic rings. The summed E-state index contributed by atoms with van der Waals surface area (Å²) in [6, 6.07) is 2.09. The number of halogens is 1. The summed E-state index contributed by atoms with van der Waals surface area (Å²) >= 11 is 3.48. The molecule has 0 saturated carbocycles. The number of hydrogen-bond donors (Lipinski definition) is 0. The van der Waals surface area contributed by atoms with E-state index in [2.05, 4.69) is 44.3 Å². The van der Waals surface area contributed by atoms with Crippen molar-refractivity contribution in [3.63, 3.8) is 0 Å². The highest BCUT2D eigenvalue weighted by molar-refractivity contribution is 9.09. The maximum atomic E-state index is 4.41. The minimum atomic E-state index is 0.231. The third kappa shape index (κ3) is 2.74. The Kier molecular flexibility index (Phi) is 3.61. The molecule has 17 heavy (non-hydrogen) atoms. The monoisotopic (exact) mass is 297 g/mol. The van der Waals surface area contributed by atoms with E-state index in [0.717, 1.165) is 23.6 Å². The Labute approximate surface area is 109 Å². The van der Waals surface area contributed by atoms with Gasteiger partial charge < -0.3 is 0 Å². The van der Waals surface area contributed by atoms with Crippen molar-refractivity contribution in [2.45, 2.75) is 38.7 Å². The minimum Gasteiger partial charge on any atom is -0.268 e. The van der Waals surface area contributed by atoms with Crippen LogP contribution in [-0.4, -0.2) is 24.8 Å². The van der Waals surface area contributed by atoms with Gasteiger partial charge in [0.15, 0.2) is 0 Å². The summed E-state index contributed by atoms with van der Waals surface area (Å²) in [7, 11) is 0.